The molecule has 0 aromatic rings. The molecular weight excluding hydrogens is 274 g/mol. The summed E-state index contributed by atoms with van der Waals surface area (Å²) >= 11 is 0. The Morgan fingerprint density at radius 3 is 2.50 bits per heavy atom. The standard InChI is InChI=1S/C6H13O.Re/c1-3-4-5-6-7-2;/h5H,3-4,6H2,1-2H3;/q-1;. The third-order valence-corrected chi connectivity index (χ3v) is 0.777. The predicted molar refractivity (Wildman–Crippen MR) is 31.1 cm³/mol. The fourth-order valence-corrected chi connectivity index (χ4v) is 0.405. The van der Waals surface area contributed by atoms with E-state index in [1.165, 1.54) is 12.8 Å². The van der Waals surface area contributed by atoms with E-state index in [1.807, 2.05) is 0 Å². The zero-order valence-corrected chi connectivity index (χ0v) is 8.20. The molecule has 0 saturated heterocycles. The van der Waals surface area contributed by atoms with Crippen LogP contribution in [0.3, 0.4) is 0 Å². The fourth-order valence-electron chi connectivity index (χ4n) is 0.405. The Labute approximate surface area is 65.5 Å². The largest absolute Gasteiger partial charge is 0.416 e. The summed E-state index contributed by atoms with van der Waals surface area (Å²) in [6.07, 6.45) is 4.54. The van der Waals surface area contributed by atoms with Crippen molar-refractivity contribution < 1.29 is 25.2 Å². The second kappa shape index (κ2) is 10.6. The van der Waals surface area contributed by atoms with Crippen LogP contribution in [0.2, 0.25) is 0 Å². The van der Waals surface area contributed by atoms with Gasteiger partial charge in [0.1, 0.15) is 0 Å². The second-order valence-electron chi connectivity index (χ2n) is 1.53. The number of rotatable bonds is 4. The molecule has 0 unspecified atom stereocenters. The van der Waals surface area contributed by atoms with Crippen molar-refractivity contribution in [3.63, 3.8) is 0 Å². The topological polar surface area (TPSA) is 9.23 Å². The number of hydrogen-bond acceptors (Lipinski definition) is 1. The zero-order valence-electron chi connectivity index (χ0n) is 5.48. The molecule has 0 aromatic carbocycles. The first kappa shape index (κ1) is 11.4. The van der Waals surface area contributed by atoms with Crippen molar-refractivity contribution in [2.45, 2.75) is 19.8 Å². The van der Waals surface area contributed by atoms with E-state index < -0.39 is 0 Å². The first-order chi connectivity index (χ1) is 3.41. The summed E-state index contributed by atoms with van der Waals surface area (Å²) < 4.78 is 4.79. The van der Waals surface area contributed by atoms with Crippen molar-refractivity contribution in [3.8, 4) is 0 Å². The first-order valence-corrected chi connectivity index (χ1v) is 2.72. The molecular formula is C6H13ORe-. The molecule has 0 saturated carbocycles. The van der Waals surface area contributed by atoms with Gasteiger partial charge in [-0.05, 0) is 0 Å². The van der Waals surface area contributed by atoms with Crippen LogP contribution in [0.5, 0.6) is 0 Å². The van der Waals surface area contributed by atoms with Gasteiger partial charge in [-0.25, -0.2) is 0 Å². The molecule has 0 aromatic heterocycles. The molecule has 0 aliphatic carbocycles. The van der Waals surface area contributed by atoms with Gasteiger partial charge in [0.2, 0.25) is 0 Å². The molecule has 0 aliphatic heterocycles. The molecule has 0 atom stereocenters. The zero-order chi connectivity index (χ0) is 5.54. The van der Waals surface area contributed by atoms with Gasteiger partial charge in [-0.2, -0.15) is 6.42 Å². The molecule has 0 N–H and O–H groups in total. The quantitative estimate of drug-likeness (QED) is 0.564. The van der Waals surface area contributed by atoms with Crippen LogP contribution in [0.25, 0.3) is 0 Å². The van der Waals surface area contributed by atoms with Gasteiger partial charge in [-0.3, -0.25) is 0 Å². The minimum Gasteiger partial charge on any atom is -0.416 e. The van der Waals surface area contributed by atoms with Crippen molar-refractivity contribution in [1.29, 1.82) is 0 Å². The van der Waals surface area contributed by atoms with E-state index >= 15 is 0 Å². The summed E-state index contributed by atoms with van der Waals surface area (Å²) in [4.78, 5) is 0. The number of methoxy groups -OCH3 is 1. The Morgan fingerprint density at radius 1 is 1.50 bits per heavy atom. The third kappa shape index (κ3) is 9.80. The molecule has 0 fully saturated rings. The fraction of sp³-hybridized carbons (Fsp3) is 0.833. The minimum atomic E-state index is 0. The van der Waals surface area contributed by atoms with Crippen LogP contribution in [-0.4, -0.2) is 13.7 Å². The summed E-state index contributed by atoms with van der Waals surface area (Å²) in [6, 6.07) is 0. The maximum Gasteiger partial charge on any atom is 0.0319 e. The van der Waals surface area contributed by atoms with Crippen molar-refractivity contribution in [2.75, 3.05) is 13.7 Å². The van der Waals surface area contributed by atoms with Gasteiger partial charge >= 0.3 is 0 Å². The Morgan fingerprint density at radius 2 is 2.12 bits per heavy atom. The van der Waals surface area contributed by atoms with Crippen LogP contribution in [0.15, 0.2) is 0 Å². The maximum atomic E-state index is 4.79. The molecule has 0 spiro atoms. The SMILES string of the molecule is CCC[CH-]COC.[Re]. The van der Waals surface area contributed by atoms with Gasteiger partial charge in [-0.1, -0.05) is 20.0 Å². The normalized spacial score (nSPS) is 8.25. The predicted octanol–water partition coefficient (Wildman–Crippen LogP) is 1.63. The van der Waals surface area contributed by atoms with E-state index in [-0.39, 0.29) is 20.4 Å². The van der Waals surface area contributed by atoms with Crippen molar-refractivity contribution in [1.82, 2.24) is 0 Å². The smallest absolute Gasteiger partial charge is 0.0319 e. The minimum absolute atomic E-state index is 0. The molecule has 0 aliphatic rings. The molecule has 2 heteroatoms. The molecule has 1 radical (unpaired) electrons. The van der Waals surface area contributed by atoms with Crippen molar-refractivity contribution >= 4 is 0 Å². The number of hydrogen-bond donors (Lipinski definition) is 0. The summed E-state index contributed by atoms with van der Waals surface area (Å²) in [6.45, 7) is 2.96. The van der Waals surface area contributed by atoms with Crippen molar-refractivity contribution in [2.24, 2.45) is 0 Å². The average Bonchev–Trinajstić information content (AvgIpc) is 1.69. The van der Waals surface area contributed by atoms with Gasteiger partial charge in [0.15, 0.2) is 0 Å². The Bertz CT molecular complexity index is 27.7. The molecule has 8 heavy (non-hydrogen) atoms. The van der Waals surface area contributed by atoms with Crippen LogP contribution in [0.1, 0.15) is 19.8 Å². The van der Waals surface area contributed by atoms with Crippen molar-refractivity contribution in [3.05, 3.63) is 6.42 Å². The molecule has 51 valence electrons. The summed E-state index contributed by atoms with van der Waals surface area (Å²) in [7, 11) is 1.71. The molecule has 0 heterocycles. The van der Waals surface area contributed by atoms with Crippen LogP contribution in [0.4, 0.5) is 0 Å². The Balaban J connectivity index is 0. The number of ether oxygens (including phenoxy) is 1. The summed E-state index contributed by atoms with van der Waals surface area (Å²) in [5.74, 6) is 0. The second-order valence-corrected chi connectivity index (χ2v) is 1.53. The average molecular weight is 287 g/mol. The van der Waals surface area contributed by atoms with Crippen LogP contribution >= 0.6 is 0 Å². The van der Waals surface area contributed by atoms with E-state index in [0.29, 0.717) is 0 Å². The Kier molecular flexibility index (Phi) is 15.1. The van der Waals surface area contributed by atoms with E-state index in [0.717, 1.165) is 6.61 Å². The van der Waals surface area contributed by atoms with Gasteiger partial charge < -0.3 is 11.2 Å². The van der Waals surface area contributed by atoms with Gasteiger partial charge in [-0.15, -0.1) is 0 Å². The first-order valence-electron chi connectivity index (χ1n) is 2.72. The van der Waals surface area contributed by atoms with E-state index in [1.54, 1.807) is 7.11 Å². The van der Waals surface area contributed by atoms with E-state index in [9.17, 15) is 0 Å². The molecule has 0 amide bonds. The van der Waals surface area contributed by atoms with Gasteiger partial charge in [0, 0.05) is 27.5 Å². The maximum absolute atomic E-state index is 4.79. The van der Waals surface area contributed by atoms with Gasteiger partial charge in [0.05, 0.1) is 0 Å². The Hall–Kier alpha value is 0.622. The van der Waals surface area contributed by atoms with E-state index in [2.05, 4.69) is 13.3 Å². The van der Waals surface area contributed by atoms with Gasteiger partial charge in [0.25, 0.3) is 0 Å². The summed E-state index contributed by atoms with van der Waals surface area (Å²) in [5.41, 5.74) is 0. The monoisotopic (exact) mass is 288 g/mol. The van der Waals surface area contributed by atoms with Crippen LogP contribution < -0.4 is 0 Å². The third-order valence-electron chi connectivity index (χ3n) is 0.777. The molecule has 0 bridgehead atoms. The van der Waals surface area contributed by atoms with Crippen LogP contribution in [-0.2, 0) is 25.2 Å². The molecule has 0 rings (SSSR count). The summed E-state index contributed by atoms with van der Waals surface area (Å²) in [5, 5.41) is 0. The number of unbranched alkanes of at least 4 members (excludes halogenated alkanes) is 2. The van der Waals surface area contributed by atoms with E-state index in [4.69, 9.17) is 4.74 Å². The van der Waals surface area contributed by atoms with Crippen LogP contribution in [0, 0.1) is 6.42 Å². The molecule has 1 nitrogen and oxygen atoms in total.